The van der Waals surface area contributed by atoms with Gasteiger partial charge in [-0.2, -0.15) is 0 Å². The standard InChI is InChI=1S/C18H17NO4/c1-11(20)13-6-5-7-14(10-13)19-18(21)17-12(2)22-15-8-3-4-9-16(15)23-17/h3-10,12,17H,1-2H3,(H,19,21)/t12-,17+/m1/s1. The zero-order chi connectivity index (χ0) is 16.4. The highest BCUT2D eigenvalue weighted by Crippen LogP contribution is 2.33. The number of hydrogen-bond acceptors (Lipinski definition) is 4. The van der Waals surface area contributed by atoms with Gasteiger partial charge in [-0.3, -0.25) is 9.59 Å². The molecule has 0 aromatic heterocycles. The predicted octanol–water partition coefficient (Wildman–Crippen LogP) is 3.06. The Morgan fingerprint density at radius 1 is 1.00 bits per heavy atom. The smallest absolute Gasteiger partial charge is 0.269 e. The molecule has 118 valence electrons. The van der Waals surface area contributed by atoms with Gasteiger partial charge in [-0.15, -0.1) is 0 Å². The van der Waals surface area contributed by atoms with Crippen molar-refractivity contribution in [3.05, 3.63) is 54.1 Å². The number of Topliss-reactive ketones (excluding diaryl/α,β-unsaturated/α-hetero) is 1. The maximum Gasteiger partial charge on any atom is 0.269 e. The van der Waals surface area contributed by atoms with Crippen LogP contribution in [0.15, 0.2) is 48.5 Å². The van der Waals surface area contributed by atoms with Crippen molar-refractivity contribution in [3.8, 4) is 11.5 Å². The fourth-order valence-electron chi connectivity index (χ4n) is 2.44. The number of para-hydroxylation sites is 2. The van der Waals surface area contributed by atoms with Crippen LogP contribution in [0, 0.1) is 0 Å². The van der Waals surface area contributed by atoms with E-state index in [9.17, 15) is 9.59 Å². The number of benzene rings is 2. The summed E-state index contributed by atoms with van der Waals surface area (Å²) < 4.78 is 11.5. The van der Waals surface area contributed by atoms with Crippen LogP contribution < -0.4 is 14.8 Å². The molecule has 0 unspecified atom stereocenters. The van der Waals surface area contributed by atoms with E-state index < -0.39 is 12.2 Å². The van der Waals surface area contributed by atoms with Gasteiger partial charge in [-0.1, -0.05) is 24.3 Å². The van der Waals surface area contributed by atoms with Crippen LogP contribution in [0.25, 0.3) is 0 Å². The second-order valence-electron chi connectivity index (χ2n) is 5.43. The Kier molecular flexibility index (Phi) is 4.02. The van der Waals surface area contributed by atoms with Crippen molar-refractivity contribution in [2.45, 2.75) is 26.1 Å². The van der Waals surface area contributed by atoms with E-state index in [1.165, 1.54) is 6.92 Å². The predicted molar refractivity (Wildman–Crippen MR) is 86.0 cm³/mol. The van der Waals surface area contributed by atoms with Crippen molar-refractivity contribution in [1.82, 2.24) is 0 Å². The largest absolute Gasteiger partial charge is 0.482 e. The molecule has 0 aliphatic carbocycles. The maximum atomic E-state index is 12.5. The zero-order valence-electron chi connectivity index (χ0n) is 12.9. The molecule has 0 saturated heterocycles. The number of amides is 1. The third-order valence-corrected chi connectivity index (χ3v) is 3.64. The van der Waals surface area contributed by atoms with E-state index >= 15 is 0 Å². The Hall–Kier alpha value is -2.82. The van der Waals surface area contributed by atoms with E-state index in [1.54, 1.807) is 43.3 Å². The third kappa shape index (κ3) is 3.18. The van der Waals surface area contributed by atoms with Gasteiger partial charge in [0, 0.05) is 11.3 Å². The molecule has 1 N–H and O–H groups in total. The molecule has 5 heteroatoms. The molecule has 0 saturated carbocycles. The van der Waals surface area contributed by atoms with E-state index in [4.69, 9.17) is 9.47 Å². The van der Waals surface area contributed by atoms with Gasteiger partial charge >= 0.3 is 0 Å². The van der Waals surface area contributed by atoms with Gasteiger partial charge < -0.3 is 14.8 Å². The molecule has 0 bridgehead atoms. The van der Waals surface area contributed by atoms with E-state index in [-0.39, 0.29) is 11.7 Å². The topological polar surface area (TPSA) is 64.6 Å². The van der Waals surface area contributed by atoms with E-state index in [0.29, 0.717) is 22.7 Å². The first-order valence-corrected chi connectivity index (χ1v) is 7.39. The fourth-order valence-corrected chi connectivity index (χ4v) is 2.44. The summed E-state index contributed by atoms with van der Waals surface area (Å²) in [5.74, 6) is 0.805. The van der Waals surface area contributed by atoms with Crippen LogP contribution in [0.5, 0.6) is 11.5 Å². The summed E-state index contributed by atoms with van der Waals surface area (Å²) in [5.41, 5.74) is 1.10. The van der Waals surface area contributed by atoms with Gasteiger partial charge in [0.15, 0.2) is 17.3 Å². The molecule has 0 fully saturated rings. The third-order valence-electron chi connectivity index (χ3n) is 3.64. The Labute approximate surface area is 134 Å². The number of carbonyl (C=O) groups excluding carboxylic acids is 2. The van der Waals surface area contributed by atoms with Gasteiger partial charge in [0.2, 0.25) is 6.10 Å². The lowest BCUT2D eigenvalue weighted by Gasteiger charge is -2.31. The van der Waals surface area contributed by atoms with Crippen LogP contribution in [-0.2, 0) is 4.79 Å². The highest BCUT2D eigenvalue weighted by atomic mass is 16.6. The Morgan fingerprint density at radius 2 is 1.70 bits per heavy atom. The number of fused-ring (bicyclic) bond motifs is 1. The Bertz CT molecular complexity index is 756. The monoisotopic (exact) mass is 311 g/mol. The Balaban J connectivity index is 1.76. The summed E-state index contributed by atoms with van der Waals surface area (Å²) in [6.07, 6.45) is -1.17. The zero-order valence-corrected chi connectivity index (χ0v) is 12.9. The highest BCUT2D eigenvalue weighted by Gasteiger charge is 2.34. The molecule has 1 aliphatic rings. The average Bonchev–Trinajstić information content (AvgIpc) is 2.54. The highest BCUT2D eigenvalue weighted by molar-refractivity contribution is 5.98. The van der Waals surface area contributed by atoms with Crippen molar-refractivity contribution < 1.29 is 19.1 Å². The van der Waals surface area contributed by atoms with Gasteiger partial charge in [0.1, 0.15) is 6.10 Å². The Morgan fingerprint density at radius 3 is 2.39 bits per heavy atom. The molecule has 2 aromatic rings. The molecule has 2 aromatic carbocycles. The summed E-state index contributed by atoms with van der Waals surface area (Å²) in [6, 6.07) is 14.0. The second kappa shape index (κ2) is 6.12. The van der Waals surface area contributed by atoms with Crippen molar-refractivity contribution in [1.29, 1.82) is 0 Å². The minimum Gasteiger partial charge on any atom is -0.482 e. The summed E-state index contributed by atoms with van der Waals surface area (Å²) in [5, 5.41) is 2.77. The van der Waals surface area contributed by atoms with Crippen molar-refractivity contribution in [2.24, 2.45) is 0 Å². The van der Waals surface area contributed by atoms with Gasteiger partial charge in [0.25, 0.3) is 5.91 Å². The normalized spacial score (nSPS) is 19.0. The lowest BCUT2D eigenvalue weighted by molar-refractivity contribution is -0.128. The molecule has 1 aliphatic heterocycles. The van der Waals surface area contributed by atoms with Crippen molar-refractivity contribution in [2.75, 3.05) is 5.32 Å². The molecule has 3 rings (SSSR count). The first kappa shape index (κ1) is 15.1. The number of rotatable bonds is 3. The van der Waals surface area contributed by atoms with Crippen LogP contribution in [0.1, 0.15) is 24.2 Å². The van der Waals surface area contributed by atoms with Crippen LogP contribution >= 0.6 is 0 Å². The molecular weight excluding hydrogens is 294 g/mol. The molecule has 23 heavy (non-hydrogen) atoms. The summed E-state index contributed by atoms with van der Waals surface area (Å²) in [6.45, 7) is 3.27. The number of anilines is 1. The maximum absolute atomic E-state index is 12.5. The fraction of sp³-hybridized carbons (Fsp3) is 0.222. The summed E-state index contributed by atoms with van der Waals surface area (Å²) >= 11 is 0. The van der Waals surface area contributed by atoms with Crippen molar-refractivity contribution in [3.63, 3.8) is 0 Å². The first-order valence-electron chi connectivity index (χ1n) is 7.39. The number of ether oxygens (including phenoxy) is 2. The van der Waals surface area contributed by atoms with E-state index in [0.717, 1.165) is 0 Å². The lowest BCUT2D eigenvalue weighted by atomic mass is 10.1. The van der Waals surface area contributed by atoms with Crippen LogP contribution in [-0.4, -0.2) is 23.9 Å². The second-order valence-corrected chi connectivity index (χ2v) is 5.43. The SMILES string of the molecule is CC(=O)c1cccc(NC(=O)[C@H]2Oc3ccccc3O[C@@H]2C)c1. The molecular formula is C18H17NO4. The quantitative estimate of drug-likeness (QED) is 0.885. The number of ketones is 1. The first-order chi connectivity index (χ1) is 11.0. The minimum atomic E-state index is -0.758. The number of carbonyl (C=O) groups is 2. The van der Waals surface area contributed by atoms with Gasteiger partial charge in [-0.25, -0.2) is 0 Å². The molecule has 5 nitrogen and oxygen atoms in total. The average molecular weight is 311 g/mol. The summed E-state index contributed by atoms with van der Waals surface area (Å²) in [7, 11) is 0. The molecule has 1 heterocycles. The van der Waals surface area contributed by atoms with Gasteiger partial charge in [0.05, 0.1) is 0 Å². The van der Waals surface area contributed by atoms with Gasteiger partial charge in [-0.05, 0) is 38.1 Å². The number of hydrogen-bond donors (Lipinski definition) is 1. The number of nitrogens with one attached hydrogen (secondary N) is 1. The molecule has 0 radical (unpaired) electrons. The van der Waals surface area contributed by atoms with E-state index in [2.05, 4.69) is 5.32 Å². The van der Waals surface area contributed by atoms with Crippen LogP contribution in [0.2, 0.25) is 0 Å². The van der Waals surface area contributed by atoms with Crippen LogP contribution in [0.4, 0.5) is 5.69 Å². The molecule has 1 amide bonds. The molecule has 2 atom stereocenters. The molecule has 0 spiro atoms. The van der Waals surface area contributed by atoms with Crippen LogP contribution in [0.3, 0.4) is 0 Å². The minimum absolute atomic E-state index is 0.0550. The summed E-state index contributed by atoms with van der Waals surface area (Å²) in [4.78, 5) is 23.9. The van der Waals surface area contributed by atoms with Crippen molar-refractivity contribution >= 4 is 17.4 Å². The van der Waals surface area contributed by atoms with E-state index in [1.807, 2.05) is 12.1 Å². The lowest BCUT2D eigenvalue weighted by Crippen LogP contribution is -2.46.